The van der Waals surface area contributed by atoms with E-state index in [0.717, 1.165) is 5.56 Å². The Hall–Kier alpha value is -2.54. The minimum Gasteiger partial charge on any atom is -0.507 e. The number of halogens is 2. The van der Waals surface area contributed by atoms with Crippen molar-refractivity contribution >= 4 is 29.1 Å². The predicted octanol–water partition coefficient (Wildman–Crippen LogP) is 4.67. The number of ether oxygens (including phenoxy) is 1. The molecule has 1 aliphatic rings. The van der Waals surface area contributed by atoms with Crippen LogP contribution in [0.2, 0.25) is 10.0 Å². The topological polar surface area (TPSA) is 78.5 Å². The van der Waals surface area contributed by atoms with Gasteiger partial charge in [0, 0.05) is 31.4 Å². The van der Waals surface area contributed by atoms with Gasteiger partial charge >= 0.3 is 0 Å². The first-order valence-corrected chi connectivity index (χ1v) is 9.90. The van der Waals surface area contributed by atoms with E-state index in [1.165, 1.54) is 0 Å². The molecule has 0 saturated carbocycles. The van der Waals surface area contributed by atoms with Gasteiger partial charge in [-0.15, -0.1) is 0 Å². The lowest BCUT2D eigenvalue weighted by molar-refractivity contribution is 0.0723. The maximum Gasteiger partial charge on any atom is 0.273 e. The second kappa shape index (κ2) is 8.06. The number of nitrogens with zero attached hydrogens (tertiary/aromatic N) is 2. The normalized spacial score (nSPS) is 15.8. The van der Waals surface area contributed by atoms with Crippen LogP contribution in [0.5, 0.6) is 5.75 Å². The Morgan fingerprint density at radius 3 is 2.72 bits per heavy atom. The van der Waals surface area contributed by atoms with E-state index < -0.39 is 6.04 Å². The van der Waals surface area contributed by atoms with Crippen LogP contribution in [0.3, 0.4) is 0 Å². The SMILES string of the molecule is COCCCN1C(=O)c2[nH]nc(-c3ccccc3O)c2[C@@H]1c1ccc(Cl)c(Cl)c1. The van der Waals surface area contributed by atoms with Gasteiger partial charge in [-0.05, 0) is 36.2 Å². The van der Waals surface area contributed by atoms with Crippen LogP contribution >= 0.6 is 23.2 Å². The average Bonchev–Trinajstić information content (AvgIpc) is 3.24. The van der Waals surface area contributed by atoms with E-state index in [9.17, 15) is 9.90 Å². The van der Waals surface area contributed by atoms with Gasteiger partial charge in [0.2, 0.25) is 0 Å². The van der Waals surface area contributed by atoms with E-state index in [-0.39, 0.29) is 11.7 Å². The van der Waals surface area contributed by atoms with Gasteiger partial charge < -0.3 is 14.7 Å². The predicted molar refractivity (Wildman–Crippen MR) is 112 cm³/mol. The Morgan fingerprint density at radius 1 is 1.21 bits per heavy atom. The number of hydrogen-bond donors (Lipinski definition) is 2. The van der Waals surface area contributed by atoms with Crippen molar-refractivity contribution in [2.45, 2.75) is 12.5 Å². The standard InChI is InChI=1S/C21H19Cl2N3O3/c1-29-10-4-9-26-20(12-7-8-14(22)15(23)11-12)17-18(24-25-19(17)21(26)28)13-5-2-3-6-16(13)27/h2-3,5-8,11,20,27H,4,9-10H2,1H3,(H,24,25)/t20-/m0/s1. The molecule has 8 heteroatoms. The number of aromatic nitrogens is 2. The molecule has 1 atom stereocenters. The summed E-state index contributed by atoms with van der Waals surface area (Å²) in [5.41, 5.74) is 3.05. The van der Waals surface area contributed by atoms with Crippen molar-refractivity contribution in [3.63, 3.8) is 0 Å². The smallest absolute Gasteiger partial charge is 0.273 e. The summed E-state index contributed by atoms with van der Waals surface area (Å²) in [6.45, 7) is 1.04. The Labute approximate surface area is 178 Å². The van der Waals surface area contributed by atoms with Gasteiger partial charge in [-0.25, -0.2) is 0 Å². The third-order valence-corrected chi connectivity index (χ3v) is 5.77. The van der Waals surface area contributed by atoms with Crippen LogP contribution in [0.25, 0.3) is 11.3 Å². The first kappa shape index (κ1) is 19.8. The summed E-state index contributed by atoms with van der Waals surface area (Å²) in [7, 11) is 1.63. The van der Waals surface area contributed by atoms with Gasteiger partial charge in [0.25, 0.3) is 5.91 Å². The summed E-state index contributed by atoms with van der Waals surface area (Å²) >= 11 is 12.4. The maximum atomic E-state index is 13.1. The van der Waals surface area contributed by atoms with Crippen molar-refractivity contribution in [2.24, 2.45) is 0 Å². The fourth-order valence-corrected chi connectivity index (χ4v) is 4.02. The van der Waals surface area contributed by atoms with E-state index in [4.69, 9.17) is 27.9 Å². The Kier molecular flexibility index (Phi) is 5.50. The molecule has 0 fully saturated rings. The third kappa shape index (κ3) is 3.48. The zero-order chi connectivity index (χ0) is 20.5. The number of benzene rings is 2. The minimum absolute atomic E-state index is 0.0972. The van der Waals surface area contributed by atoms with Crippen molar-refractivity contribution < 1.29 is 14.6 Å². The first-order chi connectivity index (χ1) is 14.0. The van der Waals surface area contributed by atoms with Gasteiger partial charge in [0.1, 0.15) is 17.1 Å². The lowest BCUT2D eigenvalue weighted by atomic mass is 9.95. The zero-order valence-electron chi connectivity index (χ0n) is 15.7. The highest BCUT2D eigenvalue weighted by molar-refractivity contribution is 6.42. The van der Waals surface area contributed by atoms with Crippen LogP contribution in [-0.2, 0) is 4.74 Å². The number of hydrogen-bond acceptors (Lipinski definition) is 4. The van der Waals surface area contributed by atoms with E-state index in [1.807, 2.05) is 12.1 Å². The number of rotatable bonds is 6. The van der Waals surface area contributed by atoms with Gasteiger partial charge in [0.05, 0.1) is 16.1 Å². The van der Waals surface area contributed by atoms with Gasteiger partial charge in [-0.2, -0.15) is 5.10 Å². The first-order valence-electron chi connectivity index (χ1n) is 9.14. The van der Waals surface area contributed by atoms with E-state index in [0.29, 0.717) is 52.1 Å². The van der Waals surface area contributed by atoms with Crippen LogP contribution < -0.4 is 0 Å². The fraction of sp³-hybridized carbons (Fsp3) is 0.238. The number of carbonyl (C=O) groups excluding carboxylic acids is 1. The molecule has 0 bridgehead atoms. The van der Waals surface area contributed by atoms with E-state index in [2.05, 4.69) is 10.2 Å². The highest BCUT2D eigenvalue weighted by atomic mass is 35.5. The molecule has 2 heterocycles. The van der Waals surface area contributed by atoms with Crippen LogP contribution in [0, 0.1) is 0 Å². The molecule has 0 radical (unpaired) electrons. The second-order valence-corrected chi connectivity index (χ2v) is 7.61. The van der Waals surface area contributed by atoms with E-state index in [1.54, 1.807) is 42.3 Å². The molecule has 0 aliphatic carbocycles. The number of nitrogens with one attached hydrogen (secondary N) is 1. The molecule has 2 N–H and O–H groups in total. The molecular formula is C21H19Cl2N3O3. The number of carbonyl (C=O) groups is 1. The average molecular weight is 432 g/mol. The molecule has 0 unspecified atom stereocenters. The van der Waals surface area contributed by atoms with Crippen LogP contribution in [-0.4, -0.2) is 46.4 Å². The summed E-state index contributed by atoms with van der Waals surface area (Å²) < 4.78 is 5.15. The highest BCUT2D eigenvalue weighted by Crippen LogP contribution is 2.45. The largest absolute Gasteiger partial charge is 0.507 e. The third-order valence-electron chi connectivity index (χ3n) is 5.03. The minimum atomic E-state index is -0.405. The molecule has 1 aromatic heterocycles. The van der Waals surface area contributed by atoms with Crippen LogP contribution in [0.15, 0.2) is 42.5 Å². The van der Waals surface area contributed by atoms with Crippen molar-refractivity contribution in [1.82, 2.24) is 15.1 Å². The van der Waals surface area contributed by atoms with Crippen molar-refractivity contribution in [3.05, 3.63) is 69.3 Å². The summed E-state index contributed by atoms with van der Waals surface area (Å²) in [5.74, 6) is -0.0543. The highest BCUT2D eigenvalue weighted by Gasteiger charge is 2.42. The van der Waals surface area contributed by atoms with Crippen molar-refractivity contribution in [1.29, 1.82) is 0 Å². The number of methoxy groups -OCH3 is 1. The molecule has 2 aromatic carbocycles. The molecule has 1 amide bonds. The van der Waals surface area contributed by atoms with Gasteiger partial charge in [-0.1, -0.05) is 41.4 Å². The number of phenols is 1. The lowest BCUT2D eigenvalue weighted by Gasteiger charge is -2.26. The summed E-state index contributed by atoms with van der Waals surface area (Å²) in [6.07, 6.45) is 0.684. The molecule has 1 aliphatic heterocycles. The monoisotopic (exact) mass is 431 g/mol. The maximum absolute atomic E-state index is 13.1. The fourth-order valence-electron chi connectivity index (χ4n) is 3.71. The van der Waals surface area contributed by atoms with Crippen LogP contribution in [0.1, 0.15) is 34.1 Å². The molecule has 0 spiro atoms. The van der Waals surface area contributed by atoms with Gasteiger partial charge in [0.15, 0.2) is 0 Å². The molecule has 4 rings (SSSR count). The molecule has 29 heavy (non-hydrogen) atoms. The number of para-hydroxylation sites is 1. The summed E-state index contributed by atoms with van der Waals surface area (Å²) in [4.78, 5) is 14.9. The van der Waals surface area contributed by atoms with Crippen molar-refractivity contribution in [2.75, 3.05) is 20.3 Å². The molecular weight excluding hydrogens is 413 g/mol. The number of aromatic hydroxyl groups is 1. The van der Waals surface area contributed by atoms with E-state index >= 15 is 0 Å². The number of amides is 1. The molecule has 150 valence electrons. The van der Waals surface area contributed by atoms with Gasteiger partial charge in [-0.3, -0.25) is 9.89 Å². The zero-order valence-corrected chi connectivity index (χ0v) is 17.2. The Balaban J connectivity index is 1.86. The van der Waals surface area contributed by atoms with Crippen molar-refractivity contribution in [3.8, 4) is 17.0 Å². The molecule has 6 nitrogen and oxygen atoms in total. The lowest BCUT2D eigenvalue weighted by Crippen LogP contribution is -2.31. The Bertz CT molecular complexity index is 1070. The molecule has 0 saturated heterocycles. The quantitative estimate of drug-likeness (QED) is 0.555. The van der Waals surface area contributed by atoms with Crippen LogP contribution in [0.4, 0.5) is 0 Å². The number of fused-ring (bicyclic) bond motifs is 1. The number of aromatic amines is 1. The second-order valence-electron chi connectivity index (χ2n) is 6.80. The number of H-pyrrole nitrogens is 1. The molecule has 3 aromatic rings. The Morgan fingerprint density at radius 2 is 2.00 bits per heavy atom. The number of phenolic OH excluding ortho intramolecular Hbond substituents is 1. The summed E-state index contributed by atoms with van der Waals surface area (Å²) in [6, 6.07) is 11.9. The summed E-state index contributed by atoms with van der Waals surface area (Å²) in [5, 5.41) is 18.4.